The second-order valence-electron chi connectivity index (χ2n) is 9.67. The molecule has 0 spiro atoms. The summed E-state index contributed by atoms with van der Waals surface area (Å²) >= 11 is 0. The van der Waals surface area contributed by atoms with E-state index in [0.717, 1.165) is 0 Å². The maximum Gasteiger partial charge on any atom is 0.00569 e. The summed E-state index contributed by atoms with van der Waals surface area (Å²) in [6.45, 7) is 0. The van der Waals surface area contributed by atoms with Crippen molar-refractivity contribution in [2.24, 2.45) is 23.7 Å². The highest BCUT2D eigenvalue weighted by Crippen LogP contribution is 2.52. The molecule has 0 aliphatic heterocycles. The van der Waals surface area contributed by atoms with Crippen molar-refractivity contribution in [3.05, 3.63) is 106 Å². The van der Waals surface area contributed by atoms with E-state index in [1.165, 1.54) is 51.4 Å². The molecule has 152 valence electrons. The standard InChI is InChI=1S/C30H32/c1-5-15-25-21(11-1)22-12-2-6-16-26(22)29(25)19-9-10-20-30-27-17-7-3-13-23(27)24-14-4-8-18-28(24)30/h1-10,15,17,21,23,29-30H,11-14,16,18-20H2/b10-9-. The molecule has 30 heavy (non-hydrogen) atoms. The Hall–Kier alpha value is -2.34. The second-order valence-corrected chi connectivity index (χ2v) is 9.67. The molecule has 0 nitrogen and oxygen atoms in total. The van der Waals surface area contributed by atoms with Gasteiger partial charge in [0.15, 0.2) is 0 Å². The molecule has 0 saturated carbocycles. The van der Waals surface area contributed by atoms with Gasteiger partial charge in [0.05, 0.1) is 0 Å². The van der Waals surface area contributed by atoms with E-state index >= 15 is 0 Å². The van der Waals surface area contributed by atoms with Gasteiger partial charge in [-0.3, -0.25) is 0 Å². The molecule has 0 fully saturated rings. The van der Waals surface area contributed by atoms with Gasteiger partial charge < -0.3 is 0 Å². The molecule has 0 radical (unpaired) electrons. The van der Waals surface area contributed by atoms with Gasteiger partial charge >= 0.3 is 0 Å². The van der Waals surface area contributed by atoms with Crippen LogP contribution < -0.4 is 0 Å². The summed E-state index contributed by atoms with van der Waals surface area (Å²) in [7, 11) is 0. The van der Waals surface area contributed by atoms with Crippen LogP contribution in [-0.4, -0.2) is 0 Å². The van der Waals surface area contributed by atoms with Crippen LogP contribution in [0.2, 0.25) is 0 Å². The van der Waals surface area contributed by atoms with Gasteiger partial charge in [-0.05, 0) is 51.4 Å². The second kappa shape index (κ2) is 7.73. The van der Waals surface area contributed by atoms with Crippen molar-refractivity contribution >= 4 is 0 Å². The third-order valence-corrected chi connectivity index (χ3v) is 8.30. The predicted molar refractivity (Wildman–Crippen MR) is 127 cm³/mol. The van der Waals surface area contributed by atoms with Crippen LogP contribution in [0.15, 0.2) is 106 Å². The minimum absolute atomic E-state index is 0.650. The topological polar surface area (TPSA) is 0 Å². The molecular weight excluding hydrogens is 360 g/mol. The highest BCUT2D eigenvalue weighted by atomic mass is 14.4. The number of hydrogen-bond acceptors (Lipinski definition) is 0. The summed E-state index contributed by atoms with van der Waals surface area (Å²) in [6.07, 6.45) is 38.3. The first-order chi connectivity index (χ1) is 14.9. The first-order valence-corrected chi connectivity index (χ1v) is 12.0. The SMILES string of the molecule is C1=CCC2C(=C1)C(C/C=C\CC1C3=CC=CCC3C3=C1CC=CC3)C1=C2CC=CC1. The monoisotopic (exact) mass is 392 g/mol. The molecule has 0 aromatic heterocycles. The van der Waals surface area contributed by atoms with Crippen molar-refractivity contribution in [1.29, 1.82) is 0 Å². The van der Waals surface area contributed by atoms with Gasteiger partial charge in [0.25, 0.3) is 0 Å². The Morgan fingerprint density at radius 2 is 1.00 bits per heavy atom. The van der Waals surface area contributed by atoms with Gasteiger partial charge in [-0.1, -0.05) is 106 Å². The summed E-state index contributed by atoms with van der Waals surface area (Å²) in [5.74, 6) is 2.70. The van der Waals surface area contributed by atoms with Gasteiger partial charge in [0.2, 0.25) is 0 Å². The zero-order valence-electron chi connectivity index (χ0n) is 17.9. The van der Waals surface area contributed by atoms with Crippen LogP contribution in [0.1, 0.15) is 51.4 Å². The molecule has 0 amide bonds. The lowest BCUT2D eigenvalue weighted by atomic mass is 9.83. The summed E-state index contributed by atoms with van der Waals surface area (Å²) in [6, 6.07) is 0. The minimum Gasteiger partial charge on any atom is -0.0876 e. The molecule has 0 aromatic carbocycles. The van der Waals surface area contributed by atoms with E-state index in [1.54, 1.807) is 33.4 Å². The van der Waals surface area contributed by atoms with Crippen LogP contribution >= 0.6 is 0 Å². The fourth-order valence-electron chi connectivity index (χ4n) is 6.95. The van der Waals surface area contributed by atoms with E-state index in [2.05, 4.69) is 72.9 Å². The molecule has 4 unspecified atom stereocenters. The molecular formula is C30H32. The molecule has 0 N–H and O–H groups in total. The smallest absolute Gasteiger partial charge is 0.00569 e. The van der Waals surface area contributed by atoms with Gasteiger partial charge in [-0.25, -0.2) is 0 Å². The molecule has 6 aliphatic carbocycles. The van der Waals surface area contributed by atoms with Crippen LogP contribution in [0.3, 0.4) is 0 Å². The average Bonchev–Trinajstić information content (AvgIpc) is 3.30. The first kappa shape index (κ1) is 18.4. The Balaban J connectivity index is 1.19. The highest BCUT2D eigenvalue weighted by molar-refractivity contribution is 5.49. The van der Waals surface area contributed by atoms with Crippen LogP contribution in [-0.2, 0) is 0 Å². The Morgan fingerprint density at radius 3 is 1.47 bits per heavy atom. The van der Waals surface area contributed by atoms with E-state index in [0.29, 0.717) is 23.7 Å². The zero-order chi connectivity index (χ0) is 19.9. The Kier molecular flexibility index (Phi) is 4.75. The van der Waals surface area contributed by atoms with Crippen LogP contribution in [0.25, 0.3) is 0 Å². The van der Waals surface area contributed by atoms with E-state index in [4.69, 9.17) is 0 Å². The minimum atomic E-state index is 0.650. The molecule has 0 heteroatoms. The van der Waals surface area contributed by atoms with E-state index in [9.17, 15) is 0 Å². The molecule has 6 rings (SSSR count). The van der Waals surface area contributed by atoms with Gasteiger partial charge in [0.1, 0.15) is 0 Å². The molecule has 4 atom stereocenters. The number of rotatable bonds is 4. The summed E-state index contributed by atoms with van der Waals surface area (Å²) in [5, 5.41) is 0. The van der Waals surface area contributed by atoms with E-state index in [1.807, 2.05) is 0 Å². The Morgan fingerprint density at radius 1 is 0.567 bits per heavy atom. The van der Waals surface area contributed by atoms with E-state index in [-0.39, 0.29) is 0 Å². The summed E-state index contributed by atoms with van der Waals surface area (Å²) in [4.78, 5) is 0. The van der Waals surface area contributed by atoms with Crippen molar-refractivity contribution in [1.82, 2.24) is 0 Å². The van der Waals surface area contributed by atoms with Crippen LogP contribution in [0.4, 0.5) is 0 Å². The first-order valence-electron chi connectivity index (χ1n) is 12.0. The molecule has 6 aliphatic rings. The lowest BCUT2D eigenvalue weighted by Gasteiger charge is -2.21. The van der Waals surface area contributed by atoms with Gasteiger partial charge in [0, 0.05) is 23.7 Å². The highest BCUT2D eigenvalue weighted by Gasteiger charge is 2.38. The predicted octanol–water partition coefficient (Wildman–Crippen LogP) is 7.88. The van der Waals surface area contributed by atoms with Crippen molar-refractivity contribution in [2.75, 3.05) is 0 Å². The summed E-state index contributed by atoms with van der Waals surface area (Å²) in [5.41, 5.74) is 10.4. The van der Waals surface area contributed by atoms with Crippen LogP contribution in [0, 0.1) is 23.7 Å². The van der Waals surface area contributed by atoms with Crippen molar-refractivity contribution in [3.8, 4) is 0 Å². The maximum absolute atomic E-state index is 2.51. The van der Waals surface area contributed by atoms with Gasteiger partial charge in [-0.2, -0.15) is 0 Å². The lowest BCUT2D eigenvalue weighted by Crippen LogP contribution is -2.08. The van der Waals surface area contributed by atoms with Gasteiger partial charge in [-0.15, -0.1) is 0 Å². The van der Waals surface area contributed by atoms with Crippen molar-refractivity contribution in [3.63, 3.8) is 0 Å². The normalized spacial score (nSPS) is 33.6. The molecule has 0 heterocycles. The fraction of sp³-hybridized carbons (Fsp3) is 0.400. The quantitative estimate of drug-likeness (QED) is 0.427. The molecule has 0 saturated heterocycles. The third kappa shape index (κ3) is 2.96. The van der Waals surface area contributed by atoms with Crippen LogP contribution in [0.5, 0.6) is 0 Å². The number of hydrogen-bond donors (Lipinski definition) is 0. The fourth-order valence-corrected chi connectivity index (χ4v) is 6.95. The summed E-state index contributed by atoms with van der Waals surface area (Å²) < 4.78 is 0. The maximum atomic E-state index is 2.51. The zero-order valence-corrected chi connectivity index (χ0v) is 17.9. The van der Waals surface area contributed by atoms with Crippen molar-refractivity contribution < 1.29 is 0 Å². The van der Waals surface area contributed by atoms with E-state index < -0.39 is 0 Å². The number of allylic oxidation sites excluding steroid dienone is 18. The molecule has 0 aromatic rings. The Labute approximate surface area is 181 Å². The average molecular weight is 393 g/mol. The molecule has 0 bridgehead atoms. The lowest BCUT2D eigenvalue weighted by molar-refractivity contribution is 0.641. The van der Waals surface area contributed by atoms with Crippen molar-refractivity contribution in [2.45, 2.75) is 51.4 Å². The largest absolute Gasteiger partial charge is 0.0876 e. The Bertz CT molecular complexity index is 928. The third-order valence-electron chi connectivity index (χ3n) is 8.30. The number of fused-ring (bicyclic) bond motifs is 4.